The molecule has 4 rings (SSSR count). The molecule has 23 heavy (non-hydrogen) atoms. The van der Waals surface area contributed by atoms with Crippen LogP contribution in [0.25, 0.3) is 33.4 Å². The normalized spacial score (nSPS) is 11.3. The summed E-state index contributed by atoms with van der Waals surface area (Å²) in [6.07, 6.45) is 7.10. The number of nitrogens with one attached hydrogen (secondary N) is 1. The first-order valence-electron chi connectivity index (χ1n) is 7.08. The second-order valence-electron chi connectivity index (χ2n) is 5.36. The fourth-order valence-electron chi connectivity index (χ4n) is 2.73. The molecule has 0 spiro atoms. The van der Waals surface area contributed by atoms with Gasteiger partial charge < -0.3 is 0 Å². The zero-order valence-corrected chi connectivity index (χ0v) is 13.3. The number of fused-ring (bicyclic) bond motifs is 1. The van der Waals surface area contributed by atoms with Gasteiger partial charge in [-0.15, -0.1) is 0 Å². The summed E-state index contributed by atoms with van der Waals surface area (Å²) < 4.78 is 1.78. The Morgan fingerprint density at radius 3 is 2.87 bits per heavy atom. The third-order valence-electron chi connectivity index (χ3n) is 3.70. The molecule has 0 bridgehead atoms. The van der Waals surface area contributed by atoms with E-state index in [9.17, 15) is 0 Å². The van der Waals surface area contributed by atoms with Crippen LogP contribution in [0.1, 0.15) is 5.69 Å². The van der Waals surface area contributed by atoms with Gasteiger partial charge in [-0.25, -0.2) is 4.98 Å². The first kappa shape index (κ1) is 13.9. The molecule has 0 saturated carbocycles. The smallest absolute Gasteiger partial charge is 0.155 e. The molecule has 0 amide bonds. The maximum Gasteiger partial charge on any atom is 0.155 e. The van der Waals surface area contributed by atoms with Crippen molar-refractivity contribution in [2.24, 2.45) is 7.05 Å². The van der Waals surface area contributed by atoms with Crippen LogP contribution >= 0.6 is 11.6 Å². The van der Waals surface area contributed by atoms with Gasteiger partial charge in [-0.1, -0.05) is 11.6 Å². The summed E-state index contributed by atoms with van der Waals surface area (Å²) in [5.41, 5.74) is 5.34. The second kappa shape index (κ2) is 5.17. The molecule has 0 radical (unpaired) electrons. The molecule has 4 aromatic heterocycles. The molecular formula is C16H13ClN6. The molecule has 0 fully saturated rings. The fourth-order valence-corrected chi connectivity index (χ4v) is 2.94. The van der Waals surface area contributed by atoms with E-state index in [1.807, 2.05) is 32.3 Å². The molecule has 114 valence electrons. The summed E-state index contributed by atoms with van der Waals surface area (Å²) >= 11 is 6.31. The van der Waals surface area contributed by atoms with Crippen molar-refractivity contribution < 1.29 is 0 Å². The number of H-pyrrole nitrogens is 1. The highest BCUT2D eigenvalue weighted by Gasteiger charge is 2.18. The summed E-state index contributed by atoms with van der Waals surface area (Å²) in [6.45, 7) is 1.96. The average Bonchev–Trinajstić information content (AvgIpc) is 3.13. The van der Waals surface area contributed by atoms with Crippen molar-refractivity contribution >= 4 is 22.6 Å². The predicted molar refractivity (Wildman–Crippen MR) is 89.1 cm³/mol. The minimum Gasteiger partial charge on any atom is -0.275 e. The molecule has 0 saturated heterocycles. The molecule has 4 aromatic rings. The molecule has 1 N–H and O–H groups in total. The van der Waals surface area contributed by atoms with E-state index in [0.717, 1.165) is 39.1 Å². The Bertz CT molecular complexity index is 1020. The van der Waals surface area contributed by atoms with E-state index in [1.54, 1.807) is 23.3 Å². The molecule has 0 aromatic carbocycles. The van der Waals surface area contributed by atoms with Crippen molar-refractivity contribution in [3.8, 4) is 22.4 Å². The number of aromatic nitrogens is 6. The molecule has 0 aliphatic rings. The van der Waals surface area contributed by atoms with E-state index >= 15 is 0 Å². The number of rotatable bonds is 2. The Hall–Kier alpha value is -2.73. The molecule has 6 nitrogen and oxygen atoms in total. The maximum absolute atomic E-state index is 6.31. The number of halogens is 1. The maximum atomic E-state index is 6.31. The Morgan fingerprint density at radius 2 is 2.04 bits per heavy atom. The highest BCUT2D eigenvalue weighted by molar-refractivity contribution is 6.33. The lowest BCUT2D eigenvalue weighted by Crippen LogP contribution is -1.90. The van der Waals surface area contributed by atoms with Gasteiger partial charge in [0.1, 0.15) is 5.69 Å². The molecule has 7 heteroatoms. The topological polar surface area (TPSA) is 72.3 Å². The minimum absolute atomic E-state index is 0.571. The van der Waals surface area contributed by atoms with Gasteiger partial charge in [0.25, 0.3) is 0 Å². The van der Waals surface area contributed by atoms with Crippen LogP contribution in [0.4, 0.5) is 0 Å². The fraction of sp³-hybridized carbons (Fsp3) is 0.125. The van der Waals surface area contributed by atoms with Gasteiger partial charge in [0.2, 0.25) is 0 Å². The monoisotopic (exact) mass is 324 g/mol. The summed E-state index contributed by atoms with van der Waals surface area (Å²) in [5.74, 6) is 0. The van der Waals surface area contributed by atoms with E-state index in [1.165, 1.54) is 0 Å². The van der Waals surface area contributed by atoms with Crippen LogP contribution in [0, 0.1) is 6.92 Å². The lowest BCUT2D eigenvalue weighted by Gasteiger charge is -2.06. The van der Waals surface area contributed by atoms with Crippen molar-refractivity contribution in [3.05, 3.63) is 47.6 Å². The Labute approximate surface area is 137 Å². The van der Waals surface area contributed by atoms with Gasteiger partial charge in [-0.05, 0) is 24.6 Å². The molecule has 4 heterocycles. The minimum atomic E-state index is 0.571. The molecule has 0 aliphatic carbocycles. The molecular weight excluding hydrogens is 312 g/mol. The second-order valence-corrected chi connectivity index (χ2v) is 5.77. The van der Waals surface area contributed by atoms with E-state index in [-0.39, 0.29) is 0 Å². The summed E-state index contributed by atoms with van der Waals surface area (Å²) in [5, 5.41) is 13.1. The zero-order valence-electron chi connectivity index (χ0n) is 12.6. The van der Waals surface area contributed by atoms with Crippen LogP contribution in [-0.2, 0) is 7.05 Å². The van der Waals surface area contributed by atoms with Crippen molar-refractivity contribution in [3.63, 3.8) is 0 Å². The van der Waals surface area contributed by atoms with E-state index < -0.39 is 0 Å². The molecule has 0 unspecified atom stereocenters. The van der Waals surface area contributed by atoms with Crippen LogP contribution in [0.2, 0.25) is 5.02 Å². The number of nitrogens with zero attached hydrogens (tertiary/aromatic N) is 5. The van der Waals surface area contributed by atoms with Gasteiger partial charge in [0.15, 0.2) is 5.65 Å². The van der Waals surface area contributed by atoms with E-state index in [0.29, 0.717) is 5.02 Å². The third kappa shape index (κ3) is 2.27. The van der Waals surface area contributed by atoms with Gasteiger partial charge in [0.05, 0.1) is 11.2 Å². The number of pyridine rings is 2. The van der Waals surface area contributed by atoms with Crippen LogP contribution < -0.4 is 0 Å². The van der Waals surface area contributed by atoms with Crippen molar-refractivity contribution in [1.82, 2.24) is 29.9 Å². The number of hydrogen-bond donors (Lipinski definition) is 1. The van der Waals surface area contributed by atoms with Gasteiger partial charge >= 0.3 is 0 Å². The summed E-state index contributed by atoms with van der Waals surface area (Å²) in [6, 6.07) is 3.91. The van der Waals surface area contributed by atoms with E-state index in [4.69, 9.17) is 11.6 Å². The van der Waals surface area contributed by atoms with Gasteiger partial charge in [-0.2, -0.15) is 10.2 Å². The van der Waals surface area contributed by atoms with Gasteiger partial charge in [0, 0.05) is 47.8 Å². The predicted octanol–water partition coefficient (Wildman–Crippen LogP) is 3.38. The third-order valence-corrected chi connectivity index (χ3v) is 4.00. The highest BCUT2D eigenvalue weighted by atomic mass is 35.5. The number of aromatic amines is 1. The van der Waals surface area contributed by atoms with Crippen LogP contribution in [-0.4, -0.2) is 29.9 Å². The summed E-state index contributed by atoms with van der Waals surface area (Å²) in [4.78, 5) is 8.51. The van der Waals surface area contributed by atoms with Crippen molar-refractivity contribution in [1.29, 1.82) is 0 Å². The summed E-state index contributed by atoms with van der Waals surface area (Å²) in [7, 11) is 1.89. The van der Waals surface area contributed by atoms with Crippen LogP contribution in [0.15, 0.2) is 36.9 Å². The lowest BCUT2D eigenvalue weighted by atomic mass is 10.0. The van der Waals surface area contributed by atoms with Gasteiger partial charge in [-0.3, -0.25) is 14.8 Å². The standard InChI is InChI=1S/C16H13ClN6/c1-9-5-11(12-6-19-21-16(12)20-9)13-8-23(2)22-15(13)10-3-4-18-7-14(10)17/h3-8H,1-2H3,(H,19,20,21). The average molecular weight is 325 g/mol. The Kier molecular flexibility index (Phi) is 3.12. The number of hydrogen-bond acceptors (Lipinski definition) is 4. The highest BCUT2D eigenvalue weighted by Crippen LogP contribution is 2.37. The largest absolute Gasteiger partial charge is 0.275 e. The molecule has 0 atom stereocenters. The van der Waals surface area contributed by atoms with Crippen LogP contribution in [0.5, 0.6) is 0 Å². The first-order chi connectivity index (χ1) is 11.1. The zero-order chi connectivity index (χ0) is 16.0. The quantitative estimate of drug-likeness (QED) is 0.613. The van der Waals surface area contributed by atoms with Crippen molar-refractivity contribution in [2.75, 3.05) is 0 Å². The lowest BCUT2D eigenvalue weighted by molar-refractivity contribution is 0.771. The van der Waals surface area contributed by atoms with Crippen LogP contribution in [0.3, 0.4) is 0 Å². The Balaban J connectivity index is 2.03. The first-order valence-corrected chi connectivity index (χ1v) is 7.46. The Morgan fingerprint density at radius 1 is 1.17 bits per heavy atom. The van der Waals surface area contributed by atoms with Crippen molar-refractivity contribution in [2.45, 2.75) is 6.92 Å². The van der Waals surface area contributed by atoms with E-state index in [2.05, 4.69) is 25.3 Å². The number of aryl methyl sites for hydroxylation is 2. The SMILES string of the molecule is Cc1cc(-c2cn(C)nc2-c2ccncc2Cl)c2cn[nH]c2n1. The molecule has 0 aliphatic heterocycles.